The zero-order valence-electron chi connectivity index (χ0n) is 87.4. The van der Waals surface area contributed by atoms with Crippen LogP contribution in [0.15, 0.2) is 207 Å². The van der Waals surface area contributed by atoms with Crippen molar-refractivity contribution in [3.8, 4) is 5.75 Å². The molecule has 0 bridgehead atoms. The molecular weight excluding hydrogens is 1800 g/mol. The number of carbonyl (C=O) groups excluding carboxylic acids is 5. The number of para-hydroxylation sites is 6. The van der Waals surface area contributed by atoms with Crippen LogP contribution in [0.25, 0.3) is 54.5 Å². The smallest absolute Gasteiger partial charge is 0.306 e. The van der Waals surface area contributed by atoms with Crippen molar-refractivity contribution < 1.29 is 38.2 Å². The lowest BCUT2D eigenvalue weighted by Gasteiger charge is -2.51. The Morgan fingerprint density at radius 2 is 0.703 bits per heavy atom. The quantitative estimate of drug-likeness (QED) is 0.0151. The summed E-state index contributed by atoms with van der Waals surface area (Å²) in [5.41, 5.74) is 24.9. The monoisotopic (exact) mass is 1950 g/mol. The van der Waals surface area contributed by atoms with E-state index in [2.05, 4.69) is 235 Å². The molecule has 145 heavy (non-hydrogen) atoms. The van der Waals surface area contributed by atoms with Crippen LogP contribution >= 0.6 is 0 Å². The largest absolute Gasteiger partial charge is 0.497 e. The molecule has 0 radical (unpaired) electrons. The first-order chi connectivity index (χ1) is 70.7. The van der Waals surface area contributed by atoms with Crippen molar-refractivity contribution in [2.24, 2.45) is 27.1 Å². The van der Waals surface area contributed by atoms with Crippen LogP contribution in [0.3, 0.4) is 0 Å². The minimum Gasteiger partial charge on any atom is -0.497 e. The molecule has 15 heterocycles. The number of aromatic amines is 5. The zero-order valence-corrected chi connectivity index (χ0v) is 87.4. The average molecular weight is 1960 g/mol. The van der Waals surface area contributed by atoms with Gasteiger partial charge in [0.25, 0.3) is 0 Å². The molecule has 8 aromatic carbocycles. The molecule has 23 rings (SSSR count). The third kappa shape index (κ3) is 20.8. The number of rotatable bonds is 25. The normalized spacial score (nSPS) is 24.1. The number of ether oxygens (including phenoxy) is 3. The molecule has 0 saturated carbocycles. The van der Waals surface area contributed by atoms with Crippen molar-refractivity contribution in [3.05, 3.63) is 280 Å². The van der Waals surface area contributed by atoms with Gasteiger partial charge in [-0.3, -0.25) is 48.5 Å². The van der Waals surface area contributed by atoms with Gasteiger partial charge in [-0.1, -0.05) is 200 Å². The van der Waals surface area contributed by atoms with E-state index in [0.717, 1.165) is 241 Å². The maximum atomic E-state index is 13.3. The number of benzene rings is 8. The molecule has 10 atom stereocenters. The molecule has 0 spiro atoms. The summed E-state index contributed by atoms with van der Waals surface area (Å²) in [6, 6.07) is 68.4. The number of unbranched alkanes of at least 4 members (excludes halogenated alkanes) is 1. The second kappa shape index (κ2) is 44.8. The van der Waals surface area contributed by atoms with Crippen LogP contribution in [0.2, 0.25) is 0 Å². The molecule has 3 amide bonds. The number of aryl methyl sites for hydroxylation is 2. The van der Waals surface area contributed by atoms with E-state index in [1.165, 1.54) is 117 Å². The first-order valence-corrected chi connectivity index (χ1v) is 54.9. The molecule has 8 N–H and O–H groups in total. The molecule has 0 unspecified atom stereocenters. The van der Waals surface area contributed by atoms with E-state index in [0.29, 0.717) is 51.4 Å². The van der Waals surface area contributed by atoms with E-state index in [1.54, 1.807) is 13.2 Å². The van der Waals surface area contributed by atoms with Crippen LogP contribution in [0.5, 0.6) is 5.75 Å². The standard InChI is InChI=1S/C27H33N3O2.C26H31N3O.C26H30N2O2.C23H33N3O.C22H28N2O2/c1-4-27(17-24(31)28-19-14-18(2)15-20(16-19)32-3)11-7-12-30-13-10-22-21-8-5-6-9-23(21)29-25(22)26(27)30;1-3-26(17-23(30)27-21-11-6-4-9-18(21)2)14-8-15-29-16-13-20-19-10-5-7-12-22(19)28-24(20)25(26)29;1-2-26(17-23(29)30-18-19-9-4-3-5-10-19)14-8-15-28-16-13-21-20-11-6-7-12-22(20)27-24(21)25(26)28;1-3-5-13-24-20(27)16-23(4-2)12-8-14-26-15-11-18-17-9-6-7-10-19(17)25-21(18)22(23)26;1-3-14-26-19(25)15-22(4-2)11-7-12-24-13-10-17-16-8-5-6-9-18(16)23-20(17)21(22)24/h5-6,8-9,14-16,26,29H,4,7,10-13,17H2,1-3H3,(H,28,31);4-7,9-12,25,28H,3,8,13-17H2,1-2H3,(H,27,30);3-7,9-12,25,27H,2,8,13-18H2,1H3;6-7,9-10,22,25H,3-5,8,11-16H2,1-2H3,(H,24,27);3,5-6,8-9,21,23H,1,4,7,10-15H2,2H3/t26-,27+;2*25-,26+;22-,23+;21-,22+/m11111/s1. The number of hydrogen-bond acceptors (Lipinski definition) is 13. The number of hydrogen-bond donors (Lipinski definition) is 8. The van der Waals surface area contributed by atoms with Crippen molar-refractivity contribution in [1.29, 1.82) is 0 Å². The molecule has 13 aromatic rings. The maximum Gasteiger partial charge on any atom is 0.306 e. The number of aromatic nitrogens is 5. The summed E-state index contributed by atoms with van der Waals surface area (Å²) in [4.78, 5) is 96.6. The summed E-state index contributed by atoms with van der Waals surface area (Å²) < 4.78 is 16.5. The molecular formula is C124H155N13O8. The topological polar surface area (TPSA) is 244 Å². The lowest BCUT2D eigenvalue weighted by atomic mass is 9.66. The molecule has 21 nitrogen and oxygen atoms in total. The Kier molecular flexibility index (Phi) is 31.5. The molecule has 0 aliphatic carbocycles. The number of H-pyrrole nitrogens is 5. The number of nitrogens with one attached hydrogen (secondary N) is 8. The molecule has 10 aliphatic rings. The second-order valence-electron chi connectivity index (χ2n) is 43.7. The van der Waals surface area contributed by atoms with Crippen LogP contribution in [0.1, 0.15) is 286 Å². The van der Waals surface area contributed by atoms with Gasteiger partial charge in [-0.05, 0) is 274 Å². The summed E-state index contributed by atoms with van der Waals surface area (Å²) in [6.45, 7) is 33.6. The van der Waals surface area contributed by atoms with Crippen LogP contribution in [0.4, 0.5) is 11.4 Å². The molecule has 5 saturated heterocycles. The van der Waals surface area contributed by atoms with E-state index in [1.807, 2.05) is 86.6 Å². The lowest BCUT2D eigenvalue weighted by molar-refractivity contribution is -0.151. The fourth-order valence-electron chi connectivity index (χ4n) is 28.4. The van der Waals surface area contributed by atoms with Crippen LogP contribution in [-0.2, 0) is 72.2 Å². The number of nitrogens with zero attached hydrogens (tertiary/aromatic N) is 5. The third-order valence-electron chi connectivity index (χ3n) is 35.7. The van der Waals surface area contributed by atoms with Gasteiger partial charge in [-0.15, -0.1) is 0 Å². The maximum absolute atomic E-state index is 13.3. The van der Waals surface area contributed by atoms with Gasteiger partial charge in [0.2, 0.25) is 17.7 Å². The minimum atomic E-state index is -0.100. The van der Waals surface area contributed by atoms with Gasteiger partial charge in [-0.25, -0.2) is 0 Å². The Hall–Kier alpha value is -11.9. The van der Waals surface area contributed by atoms with Gasteiger partial charge in [0.1, 0.15) is 19.0 Å². The van der Waals surface area contributed by atoms with E-state index in [4.69, 9.17) is 14.2 Å². The van der Waals surface area contributed by atoms with E-state index >= 15 is 0 Å². The number of piperidine rings is 5. The lowest BCUT2D eigenvalue weighted by Crippen LogP contribution is -2.50. The average Bonchev–Trinajstić information content (AvgIpc) is 1.63. The number of esters is 2. The summed E-state index contributed by atoms with van der Waals surface area (Å²) in [5, 5.41) is 16.3. The first-order valence-electron chi connectivity index (χ1n) is 54.9. The van der Waals surface area contributed by atoms with Crippen molar-refractivity contribution in [2.45, 2.75) is 266 Å². The highest BCUT2D eigenvalue weighted by molar-refractivity contribution is 5.94. The Morgan fingerprint density at radius 3 is 1.05 bits per heavy atom. The number of carbonyl (C=O) groups is 5. The summed E-state index contributed by atoms with van der Waals surface area (Å²) >= 11 is 0. The van der Waals surface area contributed by atoms with Gasteiger partial charge >= 0.3 is 11.9 Å². The SMILES string of the molecule is C=CCOC(=O)C[C@]1(CC)CCCN2CCc3c([nH]c4ccccc34)[C@@H]21.CCCCNC(=O)C[C@]1(CC)CCCN2CCc3c([nH]c4ccccc34)[C@@H]21.CC[C@@]1(CC(=O)Nc2cc(C)cc(OC)c2)CCCN2CCc3c([nH]c4ccccc34)[C@@H]21.CC[C@@]1(CC(=O)Nc2ccccc2C)CCCN2CCc3c([nH]c4ccccc34)[C@@H]21.CC[C@@]1(CC(=O)OCc2ccccc2)CCCN2CCc3c([nH]c4ccccc34)[C@@H]21. The Balaban J connectivity index is 0.000000115. The van der Waals surface area contributed by atoms with Crippen molar-refractivity contribution in [3.63, 3.8) is 0 Å². The van der Waals surface area contributed by atoms with Crippen molar-refractivity contribution >= 4 is 95.5 Å². The summed E-state index contributed by atoms with van der Waals surface area (Å²) in [7, 11) is 1.66. The van der Waals surface area contributed by atoms with Crippen molar-refractivity contribution in [1.82, 2.24) is 54.7 Å². The van der Waals surface area contributed by atoms with E-state index < -0.39 is 0 Å². The highest BCUT2D eigenvalue weighted by atomic mass is 16.5. The van der Waals surface area contributed by atoms with Crippen molar-refractivity contribution in [2.75, 3.05) is 96.3 Å². The second-order valence-corrected chi connectivity index (χ2v) is 43.7. The fourth-order valence-corrected chi connectivity index (χ4v) is 28.4. The van der Waals surface area contributed by atoms with Crippen LogP contribution < -0.4 is 20.7 Å². The molecule has 764 valence electrons. The Labute approximate surface area is 857 Å². The van der Waals surface area contributed by atoms with Gasteiger partial charge in [0.15, 0.2) is 0 Å². The summed E-state index contributed by atoms with van der Waals surface area (Å²) in [5.74, 6) is 1.04. The van der Waals surface area contributed by atoms with Crippen LogP contribution in [0, 0.1) is 40.9 Å². The van der Waals surface area contributed by atoms with Gasteiger partial charge in [0.05, 0.1) is 50.2 Å². The fraction of sp³-hybridized carbons (Fsp3) is 0.476. The summed E-state index contributed by atoms with van der Waals surface area (Å²) in [6.07, 6.45) is 28.2. The predicted molar refractivity (Wildman–Crippen MR) is 586 cm³/mol. The molecule has 5 aromatic heterocycles. The Morgan fingerprint density at radius 1 is 0.379 bits per heavy atom. The van der Waals surface area contributed by atoms with Gasteiger partial charge in [-0.2, -0.15) is 0 Å². The number of amides is 3. The highest BCUT2D eigenvalue weighted by Gasteiger charge is 2.55. The van der Waals surface area contributed by atoms with E-state index in [-0.39, 0.29) is 80.9 Å². The van der Waals surface area contributed by atoms with E-state index in [9.17, 15) is 24.0 Å². The van der Waals surface area contributed by atoms with Gasteiger partial charge in [0, 0.05) is 186 Å². The highest BCUT2D eigenvalue weighted by Crippen LogP contribution is 2.60. The van der Waals surface area contributed by atoms with Crippen LogP contribution in [-0.4, -0.2) is 165 Å². The number of anilines is 2. The number of fused-ring (bicyclic) bond motifs is 25. The zero-order chi connectivity index (χ0) is 101. The number of methoxy groups -OCH3 is 1. The molecule has 21 heteroatoms. The molecule has 10 aliphatic heterocycles. The predicted octanol–water partition coefficient (Wildman–Crippen LogP) is 25.5. The van der Waals surface area contributed by atoms with Gasteiger partial charge < -0.3 is 55.1 Å². The minimum absolute atomic E-state index is 0.0323. The first kappa shape index (κ1) is 102. The molecule has 5 fully saturated rings. The third-order valence-corrected chi connectivity index (χ3v) is 35.7. The Bertz CT molecular complexity index is 6760.